The molecule has 18 heavy (non-hydrogen) atoms. The number of carbonyl (C=O) groups excluding carboxylic acids is 1. The number of aromatic nitrogens is 4. The van der Waals surface area contributed by atoms with Crippen molar-refractivity contribution in [2.75, 3.05) is 5.32 Å². The quantitative estimate of drug-likeness (QED) is 0.774. The van der Waals surface area contributed by atoms with E-state index < -0.39 is 0 Å². The van der Waals surface area contributed by atoms with E-state index in [2.05, 4.69) is 19.0 Å². The summed E-state index contributed by atoms with van der Waals surface area (Å²) in [5, 5.41) is 2.83. The van der Waals surface area contributed by atoms with Gasteiger partial charge in [-0.25, -0.2) is 4.98 Å². The smallest absolute Gasteiger partial charge is 0.244 e. The Labute approximate surface area is 107 Å². The topological polar surface area (TPSA) is 72.7 Å². The molecule has 2 heterocycles. The number of anilines is 1. The monoisotopic (exact) mass is 259 g/mol. The summed E-state index contributed by atoms with van der Waals surface area (Å²) in [6.07, 6.45) is 4.98. The number of hydrogen-bond acceptors (Lipinski definition) is 5. The second kappa shape index (κ2) is 4.53. The first kappa shape index (κ1) is 10.8. The van der Waals surface area contributed by atoms with E-state index in [0.29, 0.717) is 5.69 Å². The fourth-order valence-electron chi connectivity index (χ4n) is 1.64. The number of benzene rings is 1. The number of amides is 1. The number of imidazole rings is 1. The zero-order chi connectivity index (χ0) is 12.4. The van der Waals surface area contributed by atoms with Crippen LogP contribution in [-0.2, 0) is 11.3 Å². The molecule has 0 bridgehead atoms. The van der Waals surface area contributed by atoms with Crippen molar-refractivity contribution in [3.8, 4) is 0 Å². The molecule has 1 N–H and O–H groups in total. The van der Waals surface area contributed by atoms with Crippen molar-refractivity contribution in [1.82, 2.24) is 18.3 Å². The molecule has 0 saturated carbocycles. The van der Waals surface area contributed by atoms with Gasteiger partial charge in [-0.1, -0.05) is 6.07 Å². The Balaban J connectivity index is 1.80. The second-order valence-corrected chi connectivity index (χ2v) is 4.25. The van der Waals surface area contributed by atoms with Gasteiger partial charge in [0.15, 0.2) is 0 Å². The first-order valence-electron chi connectivity index (χ1n) is 5.30. The Hall–Kier alpha value is -2.28. The van der Waals surface area contributed by atoms with Crippen molar-refractivity contribution >= 4 is 34.4 Å². The summed E-state index contributed by atoms with van der Waals surface area (Å²) < 4.78 is 10.00. The van der Waals surface area contributed by atoms with Gasteiger partial charge in [0.25, 0.3) is 0 Å². The maximum atomic E-state index is 11.8. The van der Waals surface area contributed by atoms with Gasteiger partial charge < -0.3 is 9.88 Å². The van der Waals surface area contributed by atoms with Crippen molar-refractivity contribution in [3.05, 3.63) is 36.9 Å². The summed E-state index contributed by atoms with van der Waals surface area (Å²) in [4.78, 5) is 15.7. The molecule has 1 amide bonds. The molecule has 3 rings (SSSR count). The molecule has 2 aromatic heterocycles. The molecule has 6 nitrogen and oxygen atoms in total. The number of nitrogens with zero attached hydrogens (tertiary/aromatic N) is 4. The zero-order valence-corrected chi connectivity index (χ0v) is 10.1. The summed E-state index contributed by atoms with van der Waals surface area (Å²) >= 11 is 1.13. The van der Waals surface area contributed by atoms with Crippen molar-refractivity contribution in [2.45, 2.75) is 6.54 Å². The first-order valence-corrected chi connectivity index (χ1v) is 6.03. The Kier molecular flexibility index (Phi) is 2.73. The second-order valence-electron chi connectivity index (χ2n) is 3.72. The van der Waals surface area contributed by atoms with E-state index >= 15 is 0 Å². The summed E-state index contributed by atoms with van der Waals surface area (Å²) in [5.41, 5.74) is 2.20. The molecule has 0 saturated heterocycles. The van der Waals surface area contributed by atoms with E-state index in [9.17, 15) is 4.79 Å². The van der Waals surface area contributed by atoms with Crippen LogP contribution in [0.25, 0.3) is 11.0 Å². The van der Waals surface area contributed by atoms with Crippen LogP contribution in [0, 0.1) is 0 Å². The van der Waals surface area contributed by atoms with Crippen molar-refractivity contribution in [3.63, 3.8) is 0 Å². The minimum absolute atomic E-state index is 0.117. The Bertz CT molecular complexity index is 676. The van der Waals surface area contributed by atoms with Crippen LogP contribution >= 0.6 is 11.7 Å². The molecule has 90 valence electrons. The molecular formula is C11H9N5OS. The highest BCUT2D eigenvalue weighted by Gasteiger charge is 2.08. The van der Waals surface area contributed by atoms with Crippen LogP contribution < -0.4 is 5.32 Å². The van der Waals surface area contributed by atoms with E-state index in [-0.39, 0.29) is 12.5 Å². The lowest BCUT2D eigenvalue weighted by Crippen LogP contribution is -2.18. The van der Waals surface area contributed by atoms with Crippen molar-refractivity contribution in [2.24, 2.45) is 0 Å². The van der Waals surface area contributed by atoms with E-state index in [1.807, 2.05) is 18.2 Å². The van der Waals surface area contributed by atoms with Crippen molar-refractivity contribution in [1.29, 1.82) is 0 Å². The Morgan fingerprint density at radius 1 is 1.39 bits per heavy atom. The highest BCUT2D eigenvalue weighted by molar-refractivity contribution is 7.00. The van der Waals surface area contributed by atoms with Gasteiger partial charge in [-0.15, -0.1) is 0 Å². The largest absolute Gasteiger partial charge is 0.328 e. The van der Waals surface area contributed by atoms with Gasteiger partial charge in [-0.05, 0) is 12.1 Å². The van der Waals surface area contributed by atoms with Gasteiger partial charge >= 0.3 is 0 Å². The minimum Gasteiger partial charge on any atom is -0.328 e. The van der Waals surface area contributed by atoms with Crippen LogP contribution in [0.1, 0.15) is 0 Å². The SMILES string of the molecule is O=C(Cn1ccnc1)Nc1cccc2nsnc12. The van der Waals surface area contributed by atoms with Crippen LogP contribution in [-0.4, -0.2) is 24.2 Å². The summed E-state index contributed by atoms with van der Waals surface area (Å²) in [6, 6.07) is 5.52. The van der Waals surface area contributed by atoms with E-state index in [1.165, 1.54) is 0 Å². The molecule has 0 fully saturated rings. The predicted molar refractivity (Wildman–Crippen MR) is 68.3 cm³/mol. The molecule has 0 aliphatic heterocycles. The predicted octanol–water partition coefficient (Wildman–Crippen LogP) is 1.53. The van der Waals surface area contributed by atoms with Crippen LogP contribution in [0.4, 0.5) is 5.69 Å². The Morgan fingerprint density at radius 3 is 3.17 bits per heavy atom. The third-order valence-electron chi connectivity index (χ3n) is 2.45. The van der Waals surface area contributed by atoms with Crippen LogP contribution in [0.3, 0.4) is 0 Å². The number of nitrogens with one attached hydrogen (secondary N) is 1. The number of rotatable bonds is 3. The standard InChI is InChI=1S/C11H9N5OS/c17-10(6-16-5-4-12-7-16)13-8-2-1-3-9-11(8)15-18-14-9/h1-5,7H,6H2,(H,13,17). The molecule has 0 unspecified atom stereocenters. The maximum absolute atomic E-state index is 11.8. The third kappa shape index (κ3) is 2.07. The zero-order valence-electron chi connectivity index (χ0n) is 9.28. The number of carbonyl (C=O) groups is 1. The fourth-order valence-corrected chi connectivity index (χ4v) is 2.19. The number of fused-ring (bicyclic) bond motifs is 1. The summed E-state index contributed by atoms with van der Waals surface area (Å²) in [7, 11) is 0. The van der Waals surface area contributed by atoms with E-state index in [4.69, 9.17) is 0 Å². The maximum Gasteiger partial charge on any atom is 0.244 e. The van der Waals surface area contributed by atoms with Crippen molar-refractivity contribution < 1.29 is 4.79 Å². The molecule has 3 aromatic rings. The van der Waals surface area contributed by atoms with Gasteiger partial charge in [-0.2, -0.15) is 8.75 Å². The molecule has 0 aliphatic carbocycles. The normalized spacial score (nSPS) is 10.7. The molecular weight excluding hydrogens is 250 g/mol. The van der Waals surface area contributed by atoms with Gasteiger partial charge in [0, 0.05) is 12.4 Å². The van der Waals surface area contributed by atoms with Gasteiger partial charge in [0.05, 0.1) is 23.7 Å². The average molecular weight is 259 g/mol. The van der Waals surface area contributed by atoms with E-state index in [1.54, 1.807) is 23.3 Å². The lowest BCUT2D eigenvalue weighted by Gasteiger charge is -2.05. The van der Waals surface area contributed by atoms with Crippen LogP contribution in [0.15, 0.2) is 36.9 Å². The average Bonchev–Trinajstić information content (AvgIpc) is 2.99. The molecule has 0 atom stereocenters. The highest BCUT2D eigenvalue weighted by Crippen LogP contribution is 2.20. The van der Waals surface area contributed by atoms with Gasteiger partial charge in [-0.3, -0.25) is 4.79 Å². The fraction of sp³-hybridized carbons (Fsp3) is 0.0909. The molecule has 0 aliphatic rings. The third-order valence-corrected chi connectivity index (χ3v) is 2.99. The van der Waals surface area contributed by atoms with Crippen LogP contribution in [0.5, 0.6) is 0 Å². The Morgan fingerprint density at radius 2 is 2.33 bits per heavy atom. The molecule has 1 aromatic carbocycles. The molecule has 0 radical (unpaired) electrons. The first-order chi connectivity index (χ1) is 8.83. The summed E-state index contributed by atoms with van der Waals surface area (Å²) in [6.45, 7) is 0.230. The number of hydrogen-bond donors (Lipinski definition) is 1. The lowest BCUT2D eigenvalue weighted by molar-refractivity contribution is -0.116. The summed E-state index contributed by atoms with van der Waals surface area (Å²) in [5.74, 6) is -0.117. The molecule has 7 heteroatoms. The van der Waals surface area contributed by atoms with Gasteiger partial charge in [0.1, 0.15) is 17.6 Å². The van der Waals surface area contributed by atoms with E-state index in [0.717, 1.165) is 22.8 Å². The van der Waals surface area contributed by atoms with Gasteiger partial charge in [0.2, 0.25) is 5.91 Å². The minimum atomic E-state index is -0.117. The molecule has 0 spiro atoms. The lowest BCUT2D eigenvalue weighted by atomic mass is 10.2. The highest BCUT2D eigenvalue weighted by atomic mass is 32.1. The van der Waals surface area contributed by atoms with Crippen LogP contribution in [0.2, 0.25) is 0 Å².